The highest BCUT2D eigenvalue weighted by Crippen LogP contribution is 2.31. The van der Waals surface area contributed by atoms with Crippen LogP contribution < -0.4 is 0 Å². The highest BCUT2D eigenvalue weighted by molar-refractivity contribution is 7.89. The highest BCUT2D eigenvalue weighted by atomic mass is 35.5. The Balaban J connectivity index is 2.17. The Bertz CT molecular complexity index is 1170. The molecule has 3 aromatic rings. The molecular formula is C22H23ClN2O4S. The Kier molecular flexibility index (Phi) is 6.36. The molecule has 30 heavy (non-hydrogen) atoms. The lowest BCUT2D eigenvalue weighted by molar-refractivity contribution is 0.0525. The Morgan fingerprint density at radius 2 is 1.67 bits per heavy atom. The molecule has 158 valence electrons. The Labute approximate surface area is 181 Å². The molecule has 0 saturated carbocycles. The zero-order valence-corrected chi connectivity index (χ0v) is 18.8. The van der Waals surface area contributed by atoms with E-state index in [9.17, 15) is 13.2 Å². The number of hydrogen-bond donors (Lipinski definition) is 0. The number of halogens is 1. The van der Waals surface area contributed by atoms with Gasteiger partial charge in [-0.1, -0.05) is 23.7 Å². The van der Waals surface area contributed by atoms with Crippen LogP contribution in [0.3, 0.4) is 0 Å². The second-order valence-corrected chi connectivity index (χ2v) is 9.46. The summed E-state index contributed by atoms with van der Waals surface area (Å²) in [6, 6.07) is 15.6. The SMILES string of the molecule is CCOC(=O)c1cc(-c2ccc(Cl)cc2)n(-c2ccc(S(=O)(=O)N(C)C)cc2)c1C. The van der Waals surface area contributed by atoms with Crippen molar-refractivity contribution >= 4 is 27.6 Å². The lowest BCUT2D eigenvalue weighted by Crippen LogP contribution is -2.22. The van der Waals surface area contributed by atoms with E-state index in [0.29, 0.717) is 16.3 Å². The molecule has 8 heteroatoms. The van der Waals surface area contributed by atoms with Crippen molar-refractivity contribution in [3.63, 3.8) is 0 Å². The lowest BCUT2D eigenvalue weighted by Gasteiger charge is -2.15. The number of rotatable bonds is 6. The van der Waals surface area contributed by atoms with Crippen LogP contribution >= 0.6 is 11.6 Å². The van der Waals surface area contributed by atoms with Crippen LogP contribution in [-0.4, -0.2) is 44.0 Å². The van der Waals surface area contributed by atoms with E-state index >= 15 is 0 Å². The fourth-order valence-corrected chi connectivity index (χ4v) is 4.19. The summed E-state index contributed by atoms with van der Waals surface area (Å²) in [6.45, 7) is 3.86. The number of nitrogens with zero attached hydrogens (tertiary/aromatic N) is 2. The van der Waals surface area contributed by atoms with Crippen LogP contribution in [0.25, 0.3) is 16.9 Å². The van der Waals surface area contributed by atoms with Gasteiger partial charge in [0, 0.05) is 30.5 Å². The molecule has 0 aliphatic heterocycles. The first-order valence-electron chi connectivity index (χ1n) is 9.35. The van der Waals surface area contributed by atoms with Gasteiger partial charge in [0.15, 0.2) is 0 Å². The minimum Gasteiger partial charge on any atom is -0.462 e. The minimum atomic E-state index is -3.53. The number of esters is 1. The first-order valence-corrected chi connectivity index (χ1v) is 11.2. The van der Waals surface area contributed by atoms with Gasteiger partial charge in [-0.25, -0.2) is 17.5 Å². The first-order chi connectivity index (χ1) is 14.2. The smallest absolute Gasteiger partial charge is 0.339 e. The van der Waals surface area contributed by atoms with Gasteiger partial charge in [-0.3, -0.25) is 0 Å². The molecule has 0 atom stereocenters. The van der Waals surface area contributed by atoms with Crippen LogP contribution in [0.4, 0.5) is 0 Å². The summed E-state index contributed by atoms with van der Waals surface area (Å²) in [5, 5.41) is 0.609. The number of carbonyl (C=O) groups excluding carboxylic acids is 1. The number of carbonyl (C=O) groups is 1. The van der Waals surface area contributed by atoms with E-state index in [1.807, 2.05) is 23.6 Å². The van der Waals surface area contributed by atoms with Gasteiger partial charge in [-0.15, -0.1) is 0 Å². The number of ether oxygens (including phenoxy) is 1. The predicted molar refractivity (Wildman–Crippen MR) is 118 cm³/mol. The van der Waals surface area contributed by atoms with Crippen molar-refractivity contribution in [2.75, 3.05) is 20.7 Å². The predicted octanol–water partition coefficient (Wildman–Crippen LogP) is 4.53. The summed E-state index contributed by atoms with van der Waals surface area (Å²) < 4.78 is 33.0. The average Bonchev–Trinajstić information content (AvgIpc) is 3.06. The lowest BCUT2D eigenvalue weighted by atomic mass is 10.1. The molecule has 6 nitrogen and oxygen atoms in total. The summed E-state index contributed by atoms with van der Waals surface area (Å²) in [4.78, 5) is 12.7. The van der Waals surface area contributed by atoms with Crippen molar-refractivity contribution in [3.8, 4) is 16.9 Å². The molecule has 0 fully saturated rings. The molecular weight excluding hydrogens is 424 g/mol. The van der Waals surface area contributed by atoms with E-state index in [4.69, 9.17) is 16.3 Å². The molecule has 0 aliphatic carbocycles. The van der Waals surface area contributed by atoms with Crippen LogP contribution in [0.5, 0.6) is 0 Å². The normalized spacial score (nSPS) is 11.7. The molecule has 3 rings (SSSR count). The first kappa shape index (κ1) is 22.1. The Morgan fingerprint density at radius 3 is 2.20 bits per heavy atom. The molecule has 0 saturated heterocycles. The van der Waals surface area contributed by atoms with Crippen LogP contribution in [-0.2, 0) is 14.8 Å². The van der Waals surface area contributed by atoms with Crippen molar-refractivity contribution < 1.29 is 17.9 Å². The zero-order chi connectivity index (χ0) is 22.1. The molecule has 1 heterocycles. The highest BCUT2D eigenvalue weighted by Gasteiger charge is 2.22. The topological polar surface area (TPSA) is 68.6 Å². The van der Waals surface area contributed by atoms with Gasteiger partial charge in [-0.05, 0) is 61.9 Å². The number of aromatic nitrogens is 1. The quantitative estimate of drug-likeness (QED) is 0.521. The van der Waals surface area contributed by atoms with Crippen LogP contribution in [0.2, 0.25) is 5.02 Å². The molecule has 0 radical (unpaired) electrons. The largest absolute Gasteiger partial charge is 0.462 e. The van der Waals surface area contributed by atoms with E-state index < -0.39 is 16.0 Å². The average molecular weight is 447 g/mol. The molecule has 0 spiro atoms. The van der Waals surface area contributed by atoms with Crippen LogP contribution in [0.1, 0.15) is 23.0 Å². The minimum absolute atomic E-state index is 0.194. The van der Waals surface area contributed by atoms with Gasteiger partial charge in [0.2, 0.25) is 10.0 Å². The maximum atomic E-state index is 12.5. The fourth-order valence-electron chi connectivity index (χ4n) is 3.17. The van der Waals surface area contributed by atoms with Gasteiger partial charge >= 0.3 is 5.97 Å². The number of hydrogen-bond acceptors (Lipinski definition) is 4. The maximum absolute atomic E-state index is 12.5. The van der Waals surface area contributed by atoms with Gasteiger partial charge in [0.1, 0.15) is 0 Å². The second kappa shape index (κ2) is 8.63. The monoisotopic (exact) mass is 446 g/mol. The van der Waals surface area contributed by atoms with Crippen molar-refractivity contribution in [1.82, 2.24) is 8.87 Å². The standard InChI is InChI=1S/C22H23ClN2O4S/c1-5-29-22(26)20-14-21(16-6-8-17(23)9-7-16)25(15(20)2)18-10-12-19(13-11-18)30(27,28)24(3)4/h6-14H,5H2,1-4H3. The van der Waals surface area contributed by atoms with Crippen molar-refractivity contribution in [1.29, 1.82) is 0 Å². The van der Waals surface area contributed by atoms with Crippen molar-refractivity contribution in [2.45, 2.75) is 18.7 Å². The fraction of sp³-hybridized carbons (Fsp3) is 0.227. The summed E-state index contributed by atoms with van der Waals surface area (Å²) in [5.74, 6) is -0.407. The van der Waals surface area contributed by atoms with Crippen molar-refractivity contribution in [2.24, 2.45) is 0 Å². The van der Waals surface area contributed by atoms with Crippen LogP contribution in [0, 0.1) is 6.92 Å². The maximum Gasteiger partial charge on any atom is 0.339 e. The summed E-state index contributed by atoms with van der Waals surface area (Å²) in [6.07, 6.45) is 0. The molecule has 0 unspecified atom stereocenters. The van der Waals surface area contributed by atoms with E-state index in [1.165, 1.54) is 18.4 Å². The van der Waals surface area contributed by atoms with Gasteiger partial charge < -0.3 is 9.30 Å². The molecule has 0 N–H and O–H groups in total. The van der Waals surface area contributed by atoms with Gasteiger partial charge in [0.25, 0.3) is 0 Å². The van der Waals surface area contributed by atoms with Crippen LogP contribution in [0.15, 0.2) is 59.5 Å². The van der Waals surface area contributed by atoms with Crippen molar-refractivity contribution in [3.05, 3.63) is 70.9 Å². The molecule has 0 aliphatic rings. The zero-order valence-electron chi connectivity index (χ0n) is 17.2. The third-order valence-corrected chi connectivity index (χ3v) is 6.84. The Hall–Kier alpha value is -2.61. The Morgan fingerprint density at radius 1 is 1.07 bits per heavy atom. The van der Waals surface area contributed by atoms with E-state index in [2.05, 4.69) is 0 Å². The third kappa shape index (κ3) is 4.14. The van der Waals surface area contributed by atoms with Gasteiger partial charge in [0.05, 0.1) is 22.8 Å². The summed E-state index contributed by atoms with van der Waals surface area (Å²) in [5.41, 5.74) is 3.51. The third-order valence-electron chi connectivity index (χ3n) is 4.76. The number of benzene rings is 2. The van der Waals surface area contributed by atoms with E-state index in [-0.39, 0.29) is 11.5 Å². The molecule has 0 bridgehead atoms. The number of sulfonamides is 1. The molecule has 0 amide bonds. The molecule has 1 aromatic heterocycles. The summed E-state index contributed by atoms with van der Waals surface area (Å²) in [7, 11) is -0.554. The molecule has 2 aromatic carbocycles. The van der Waals surface area contributed by atoms with E-state index in [0.717, 1.165) is 16.9 Å². The van der Waals surface area contributed by atoms with E-state index in [1.54, 1.807) is 49.4 Å². The second-order valence-electron chi connectivity index (χ2n) is 6.87. The van der Waals surface area contributed by atoms with Gasteiger partial charge in [-0.2, -0.15) is 0 Å². The summed E-state index contributed by atoms with van der Waals surface area (Å²) >= 11 is 6.03.